The van der Waals surface area contributed by atoms with Crippen molar-refractivity contribution in [1.82, 2.24) is 10.2 Å². The van der Waals surface area contributed by atoms with Gasteiger partial charge in [0.25, 0.3) is 0 Å². The van der Waals surface area contributed by atoms with Crippen LogP contribution in [0, 0.1) is 5.82 Å². The Morgan fingerprint density at radius 2 is 2.03 bits per heavy atom. The highest BCUT2D eigenvalue weighted by molar-refractivity contribution is 6.30. The lowest BCUT2D eigenvalue weighted by Crippen LogP contribution is -2.52. The van der Waals surface area contributed by atoms with Crippen molar-refractivity contribution in [3.05, 3.63) is 58.4 Å². The molecule has 1 fully saturated rings. The highest BCUT2D eigenvalue weighted by atomic mass is 35.5. The molecular weight excluding hydrogens is 407 g/mol. The van der Waals surface area contributed by atoms with Gasteiger partial charge in [-0.25, -0.2) is 4.39 Å². The summed E-state index contributed by atoms with van der Waals surface area (Å²) in [6, 6.07) is 11.0. The Labute approximate surface area is 181 Å². The van der Waals surface area contributed by atoms with Crippen LogP contribution in [0.1, 0.15) is 11.1 Å². The van der Waals surface area contributed by atoms with Crippen LogP contribution in [0.5, 0.6) is 5.75 Å². The average Bonchev–Trinajstić information content (AvgIpc) is 2.77. The molecule has 1 N–H and O–H groups in total. The van der Waals surface area contributed by atoms with E-state index in [4.69, 9.17) is 21.1 Å². The van der Waals surface area contributed by atoms with Crippen LogP contribution in [0.15, 0.2) is 41.4 Å². The molecule has 30 heavy (non-hydrogen) atoms. The molecule has 4 rings (SSSR count). The first-order chi connectivity index (χ1) is 14.6. The fraction of sp³-hybridized carbons (Fsp3) is 0.409. The van der Waals surface area contributed by atoms with Gasteiger partial charge < -0.3 is 24.6 Å². The van der Waals surface area contributed by atoms with E-state index in [0.717, 1.165) is 59.7 Å². The summed E-state index contributed by atoms with van der Waals surface area (Å²) in [5, 5.41) is 4.16. The summed E-state index contributed by atoms with van der Waals surface area (Å²) in [7, 11) is 1.79. The number of guanidine groups is 1. The second kappa shape index (κ2) is 9.53. The number of benzene rings is 2. The number of aliphatic imine (C=N–C) groups is 1. The second-order valence-corrected chi connectivity index (χ2v) is 7.78. The van der Waals surface area contributed by atoms with Crippen molar-refractivity contribution < 1.29 is 13.9 Å². The SMILES string of the molecule is CN=C(NCCc1cc(F)cc2c1OCOC2)N1CCN(c2cccc(Cl)c2)CC1. The third kappa shape index (κ3) is 4.79. The van der Waals surface area contributed by atoms with Crippen LogP contribution in [-0.2, 0) is 17.8 Å². The van der Waals surface area contributed by atoms with E-state index in [1.807, 2.05) is 18.2 Å². The van der Waals surface area contributed by atoms with E-state index in [9.17, 15) is 4.39 Å². The molecule has 8 heteroatoms. The van der Waals surface area contributed by atoms with Gasteiger partial charge in [0.1, 0.15) is 11.6 Å². The van der Waals surface area contributed by atoms with Crippen LogP contribution in [0.4, 0.5) is 10.1 Å². The summed E-state index contributed by atoms with van der Waals surface area (Å²) in [5.41, 5.74) is 2.75. The van der Waals surface area contributed by atoms with Crippen LogP contribution in [0.3, 0.4) is 0 Å². The summed E-state index contributed by atoms with van der Waals surface area (Å²) in [5.74, 6) is 1.34. The first kappa shape index (κ1) is 20.8. The molecule has 1 saturated heterocycles. The molecule has 0 unspecified atom stereocenters. The lowest BCUT2D eigenvalue weighted by molar-refractivity contribution is -0.0172. The predicted octanol–water partition coefficient (Wildman–Crippen LogP) is 3.29. The van der Waals surface area contributed by atoms with Crippen molar-refractivity contribution in [3.8, 4) is 5.75 Å². The van der Waals surface area contributed by atoms with Gasteiger partial charge in [-0.15, -0.1) is 0 Å². The van der Waals surface area contributed by atoms with Crippen molar-refractivity contribution in [2.45, 2.75) is 13.0 Å². The molecule has 0 saturated carbocycles. The van der Waals surface area contributed by atoms with Gasteiger partial charge in [0.2, 0.25) is 0 Å². The lowest BCUT2D eigenvalue weighted by atomic mass is 10.1. The Morgan fingerprint density at radius 1 is 1.20 bits per heavy atom. The fourth-order valence-corrected chi connectivity index (χ4v) is 4.12. The summed E-state index contributed by atoms with van der Waals surface area (Å²) < 4.78 is 24.8. The van der Waals surface area contributed by atoms with Gasteiger partial charge in [-0.05, 0) is 42.3 Å². The van der Waals surface area contributed by atoms with Crippen molar-refractivity contribution in [1.29, 1.82) is 0 Å². The van der Waals surface area contributed by atoms with Crippen molar-refractivity contribution >= 4 is 23.2 Å². The normalized spacial score (nSPS) is 16.8. The molecule has 2 aromatic rings. The topological polar surface area (TPSA) is 49.3 Å². The van der Waals surface area contributed by atoms with Gasteiger partial charge in [0.05, 0.1) is 6.61 Å². The molecule has 6 nitrogen and oxygen atoms in total. The van der Waals surface area contributed by atoms with E-state index in [0.29, 0.717) is 19.6 Å². The minimum Gasteiger partial charge on any atom is -0.467 e. The maximum Gasteiger partial charge on any atom is 0.193 e. The van der Waals surface area contributed by atoms with E-state index in [-0.39, 0.29) is 12.6 Å². The Hall–Kier alpha value is -2.51. The molecule has 0 aliphatic carbocycles. The maximum atomic E-state index is 13.9. The number of nitrogens with zero attached hydrogens (tertiary/aromatic N) is 3. The molecule has 2 aromatic carbocycles. The molecule has 0 aromatic heterocycles. The lowest BCUT2D eigenvalue weighted by Gasteiger charge is -2.37. The predicted molar refractivity (Wildman–Crippen MR) is 117 cm³/mol. The smallest absolute Gasteiger partial charge is 0.193 e. The number of anilines is 1. The third-order valence-corrected chi connectivity index (χ3v) is 5.63. The van der Waals surface area contributed by atoms with Gasteiger partial charge in [0.15, 0.2) is 12.8 Å². The Kier molecular flexibility index (Phi) is 6.59. The van der Waals surface area contributed by atoms with Crippen LogP contribution >= 0.6 is 11.6 Å². The second-order valence-electron chi connectivity index (χ2n) is 7.34. The molecular formula is C22H26ClFN4O2. The summed E-state index contributed by atoms with van der Waals surface area (Å²) >= 11 is 6.12. The zero-order valence-corrected chi connectivity index (χ0v) is 17.8. The van der Waals surface area contributed by atoms with Crippen molar-refractivity contribution in [2.75, 3.05) is 51.5 Å². The Balaban J connectivity index is 1.32. The van der Waals surface area contributed by atoms with Crippen LogP contribution in [0.2, 0.25) is 5.02 Å². The van der Waals surface area contributed by atoms with Gasteiger partial charge in [-0.2, -0.15) is 0 Å². The first-order valence-electron chi connectivity index (χ1n) is 10.1. The van der Waals surface area contributed by atoms with Crippen LogP contribution in [0.25, 0.3) is 0 Å². The largest absolute Gasteiger partial charge is 0.467 e. The molecule has 0 amide bonds. The van der Waals surface area contributed by atoms with E-state index < -0.39 is 0 Å². The van der Waals surface area contributed by atoms with Gasteiger partial charge >= 0.3 is 0 Å². The molecule has 0 atom stereocenters. The molecule has 2 aliphatic heterocycles. The Morgan fingerprint density at radius 3 is 2.80 bits per heavy atom. The number of halogens is 2. The molecule has 160 valence electrons. The van der Waals surface area contributed by atoms with Gasteiger partial charge in [-0.3, -0.25) is 4.99 Å². The zero-order valence-electron chi connectivity index (χ0n) is 17.0. The van der Waals surface area contributed by atoms with Crippen LogP contribution < -0.4 is 15.0 Å². The Bertz CT molecular complexity index is 916. The minimum atomic E-state index is -0.264. The number of ether oxygens (including phenoxy) is 2. The number of piperazine rings is 1. The van der Waals surface area contributed by atoms with Gasteiger partial charge in [-0.1, -0.05) is 17.7 Å². The van der Waals surface area contributed by atoms with Crippen molar-refractivity contribution in [3.63, 3.8) is 0 Å². The van der Waals surface area contributed by atoms with Crippen LogP contribution in [-0.4, -0.2) is 57.4 Å². The van der Waals surface area contributed by atoms with Crippen molar-refractivity contribution in [2.24, 2.45) is 4.99 Å². The molecule has 0 bridgehead atoms. The maximum absolute atomic E-state index is 13.9. The number of nitrogens with one attached hydrogen (secondary N) is 1. The molecule has 0 spiro atoms. The van der Waals surface area contributed by atoms with E-state index in [2.05, 4.69) is 26.2 Å². The van der Waals surface area contributed by atoms with Gasteiger partial charge in [0, 0.05) is 56.0 Å². The average molecular weight is 433 g/mol. The molecule has 2 heterocycles. The van der Waals surface area contributed by atoms with E-state index >= 15 is 0 Å². The third-order valence-electron chi connectivity index (χ3n) is 5.39. The summed E-state index contributed by atoms with van der Waals surface area (Å²) in [4.78, 5) is 9.00. The fourth-order valence-electron chi connectivity index (χ4n) is 3.93. The first-order valence-corrected chi connectivity index (χ1v) is 10.5. The number of hydrogen-bond acceptors (Lipinski definition) is 4. The summed E-state index contributed by atoms with van der Waals surface area (Å²) in [6.07, 6.45) is 0.640. The molecule has 0 radical (unpaired) electrons. The number of fused-ring (bicyclic) bond motifs is 1. The van der Waals surface area contributed by atoms with E-state index in [1.54, 1.807) is 13.1 Å². The molecule has 2 aliphatic rings. The zero-order chi connectivity index (χ0) is 20.9. The number of rotatable bonds is 4. The standard InChI is InChI=1S/C22H26ClFN4O2/c1-25-22(28-9-7-27(8-10-28)20-4-2-3-18(23)13-20)26-6-5-16-11-19(24)12-17-14-29-15-30-21(16)17/h2-4,11-13H,5-10,14-15H2,1H3,(H,25,26). The quantitative estimate of drug-likeness (QED) is 0.593. The summed E-state index contributed by atoms with van der Waals surface area (Å²) in [6.45, 7) is 4.74. The number of hydrogen-bond donors (Lipinski definition) is 1. The minimum absolute atomic E-state index is 0.206. The monoisotopic (exact) mass is 432 g/mol. The van der Waals surface area contributed by atoms with E-state index in [1.165, 1.54) is 6.07 Å². The highest BCUT2D eigenvalue weighted by Crippen LogP contribution is 2.29. The highest BCUT2D eigenvalue weighted by Gasteiger charge is 2.21.